The quantitative estimate of drug-likeness (QED) is 0.189. The molecular formula is C11H6Cl2INO4. The Labute approximate surface area is 132 Å². The van der Waals surface area contributed by atoms with Gasteiger partial charge >= 0.3 is 5.97 Å². The third-order valence-electron chi connectivity index (χ3n) is 2.01. The summed E-state index contributed by atoms with van der Waals surface area (Å²) >= 11 is 13.3. The number of nitro benzene ring substituents is 1. The molecule has 1 aromatic rings. The molecule has 8 heteroatoms. The first-order valence-electron chi connectivity index (χ1n) is 4.77. The Hall–Kier alpha value is -1.04. The van der Waals surface area contributed by atoms with E-state index in [1.165, 1.54) is 6.07 Å². The number of halogens is 3. The molecule has 5 nitrogen and oxygen atoms in total. The number of hydrogen-bond acceptors (Lipinski definition) is 4. The smallest absolute Gasteiger partial charge is 0.312 e. The molecule has 0 N–H and O–H groups in total. The van der Waals surface area contributed by atoms with Crippen molar-refractivity contribution in [3.8, 4) is 12.3 Å². The van der Waals surface area contributed by atoms with E-state index in [0.29, 0.717) is 0 Å². The number of carbonyl (C=O) groups excluding carboxylic acids is 1. The first-order chi connectivity index (χ1) is 8.85. The lowest BCUT2D eigenvalue weighted by molar-refractivity contribution is -0.384. The molecule has 0 saturated heterocycles. The van der Waals surface area contributed by atoms with Crippen LogP contribution in [0.15, 0.2) is 12.1 Å². The number of alkyl halides is 1. The first kappa shape index (κ1) is 16.0. The lowest BCUT2D eigenvalue weighted by Gasteiger charge is -2.07. The number of hydrogen-bond donors (Lipinski definition) is 0. The number of carbonyl (C=O) groups is 1. The predicted octanol–water partition coefficient (Wildman–Crippen LogP) is 3.38. The van der Waals surface area contributed by atoms with Gasteiger partial charge in [0.1, 0.15) is 5.02 Å². The third kappa shape index (κ3) is 4.53. The van der Waals surface area contributed by atoms with E-state index in [4.69, 9.17) is 34.4 Å². The molecule has 0 aliphatic carbocycles. The maximum Gasteiger partial charge on any atom is 0.312 e. The predicted molar refractivity (Wildman–Crippen MR) is 79.6 cm³/mol. The van der Waals surface area contributed by atoms with E-state index >= 15 is 0 Å². The molecule has 1 aromatic carbocycles. The summed E-state index contributed by atoms with van der Waals surface area (Å²) in [5, 5.41) is 10.8. The van der Waals surface area contributed by atoms with Gasteiger partial charge in [0.05, 0.1) is 11.3 Å². The standard InChI is InChI=1S/C11H6Cl2INO4/c1-2-10(14)19-11(16)4-6-3-9(15(17)18)8(13)5-7(6)12/h1,3,5,10H,4H2. The van der Waals surface area contributed by atoms with Crippen LogP contribution < -0.4 is 0 Å². The van der Waals surface area contributed by atoms with E-state index in [2.05, 4.69) is 5.92 Å². The van der Waals surface area contributed by atoms with Crippen LogP contribution >= 0.6 is 45.8 Å². The van der Waals surface area contributed by atoms with E-state index in [0.717, 1.165) is 6.07 Å². The van der Waals surface area contributed by atoms with Gasteiger partial charge in [-0.15, -0.1) is 6.42 Å². The molecule has 0 aliphatic heterocycles. The molecule has 0 spiro atoms. The number of nitro groups is 1. The minimum Gasteiger partial charge on any atom is -0.439 e. The second kappa shape index (κ2) is 6.93. The highest BCUT2D eigenvalue weighted by Crippen LogP contribution is 2.31. The molecule has 0 bridgehead atoms. The first-order valence-corrected chi connectivity index (χ1v) is 6.77. The van der Waals surface area contributed by atoms with Gasteiger partial charge in [0.25, 0.3) is 5.69 Å². The number of terminal acetylenes is 1. The van der Waals surface area contributed by atoms with Crippen LogP contribution in [0.3, 0.4) is 0 Å². The Kier molecular flexibility index (Phi) is 5.85. The Morgan fingerprint density at radius 3 is 2.68 bits per heavy atom. The SMILES string of the molecule is C#CC(I)OC(=O)Cc1cc([N+](=O)[O-])c(Cl)cc1Cl. The topological polar surface area (TPSA) is 69.4 Å². The molecule has 1 rings (SSSR count). The molecular weight excluding hydrogens is 408 g/mol. The summed E-state index contributed by atoms with van der Waals surface area (Å²) in [6.45, 7) is 0. The number of nitrogens with zero attached hydrogens (tertiary/aromatic N) is 1. The highest BCUT2D eigenvalue weighted by molar-refractivity contribution is 14.1. The summed E-state index contributed by atoms with van der Waals surface area (Å²) in [6, 6.07) is 2.36. The Bertz CT molecular complexity index is 571. The minimum absolute atomic E-state index is 0.0949. The lowest BCUT2D eigenvalue weighted by Crippen LogP contribution is -2.13. The van der Waals surface area contributed by atoms with Crippen molar-refractivity contribution in [2.75, 3.05) is 0 Å². The van der Waals surface area contributed by atoms with Crippen LogP contribution in [0.2, 0.25) is 10.0 Å². The minimum atomic E-state index is -0.703. The highest BCUT2D eigenvalue weighted by atomic mass is 127. The molecule has 100 valence electrons. The van der Waals surface area contributed by atoms with Gasteiger partial charge in [-0.05, 0) is 34.2 Å². The monoisotopic (exact) mass is 413 g/mol. The third-order valence-corrected chi connectivity index (χ3v) is 3.28. The van der Waals surface area contributed by atoms with Crippen LogP contribution in [-0.4, -0.2) is 15.0 Å². The van der Waals surface area contributed by atoms with Gasteiger partial charge < -0.3 is 4.74 Å². The maximum atomic E-state index is 11.5. The summed E-state index contributed by atoms with van der Waals surface area (Å²) in [7, 11) is 0. The second-order valence-corrected chi connectivity index (χ2v) is 5.25. The van der Waals surface area contributed by atoms with E-state index in [1.54, 1.807) is 22.6 Å². The van der Waals surface area contributed by atoms with Crippen LogP contribution in [0.5, 0.6) is 0 Å². The number of esters is 1. The summed E-state index contributed by atoms with van der Waals surface area (Å²) in [4.78, 5) is 21.6. The molecule has 0 aromatic heterocycles. The maximum absolute atomic E-state index is 11.5. The molecule has 1 atom stereocenters. The van der Waals surface area contributed by atoms with Crippen LogP contribution in [0.25, 0.3) is 0 Å². The van der Waals surface area contributed by atoms with Gasteiger partial charge in [-0.1, -0.05) is 29.1 Å². The summed E-state index contributed by atoms with van der Waals surface area (Å²) in [5.41, 5.74) is -0.0692. The average molecular weight is 414 g/mol. The van der Waals surface area contributed by atoms with Gasteiger partial charge in [-0.3, -0.25) is 14.9 Å². The molecule has 0 heterocycles. The zero-order chi connectivity index (χ0) is 14.6. The molecule has 0 radical (unpaired) electrons. The molecule has 0 fully saturated rings. The van der Waals surface area contributed by atoms with Crippen molar-refractivity contribution >= 4 is 57.4 Å². The van der Waals surface area contributed by atoms with E-state index in [9.17, 15) is 14.9 Å². The normalized spacial score (nSPS) is 11.5. The van der Waals surface area contributed by atoms with E-state index in [1.807, 2.05) is 0 Å². The fraction of sp³-hybridized carbons (Fsp3) is 0.182. The molecule has 0 saturated carbocycles. The van der Waals surface area contributed by atoms with E-state index < -0.39 is 15.0 Å². The number of benzene rings is 1. The van der Waals surface area contributed by atoms with Crippen molar-refractivity contribution in [1.82, 2.24) is 0 Å². The Morgan fingerprint density at radius 2 is 2.16 bits per heavy atom. The fourth-order valence-electron chi connectivity index (χ4n) is 1.20. The molecule has 19 heavy (non-hydrogen) atoms. The van der Waals surface area contributed by atoms with Gasteiger partial charge in [-0.25, -0.2) is 0 Å². The molecule has 0 amide bonds. The van der Waals surface area contributed by atoms with E-state index in [-0.39, 0.29) is 27.7 Å². The largest absolute Gasteiger partial charge is 0.439 e. The van der Waals surface area contributed by atoms with Crippen molar-refractivity contribution in [3.05, 3.63) is 37.9 Å². The average Bonchev–Trinajstić information content (AvgIpc) is 2.31. The number of ether oxygens (including phenoxy) is 1. The lowest BCUT2D eigenvalue weighted by atomic mass is 10.1. The van der Waals surface area contributed by atoms with Crippen LogP contribution in [0.4, 0.5) is 5.69 Å². The van der Waals surface area contributed by atoms with Crippen LogP contribution in [0.1, 0.15) is 5.56 Å². The van der Waals surface area contributed by atoms with Gasteiger partial charge in [-0.2, -0.15) is 0 Å². The highest BCUT2D eigenvalue weighted by Gasteiger charge is 2.19. The molecule has 1 unspecified atom stereocenters. The molecule has 0 aliphatic rings. The Balaban J connectivity index is 2.96. The summed E-state index contributed by atoms with van der Waals surface area (Å²) in [6.07, 6.45) is 4.84. The summed E-state index contributed by atoms with van der Waals surface area (Å²) in [5.74, 6) is 1.59. The van der Waals surface area contributed by atoms with Crippen molar-refractivity contribution < 1.29 is 14.5 Å². The van der Waals surface area contributed by atoms with Crippen molar-refractivity contribution in [2.45, 2.75) is 10.5 Å². The summed E-state index contributed by atoms with van der Waals surface area (Å²) < 4.78 is 4.14. The Morgan fingerprint density at radius 1 is 1.53 bits per heavy atom. The van der Waals surface area contributed by atoms with Gasteiger partial charge in [0, 0.05) is 11.1 Å². The van der Waals surface area contributed by atoms with Crippen LogP contribution in [0, 0.1) is 22.5 Å². The van der Waals surface area contributed by atoms with Crippen molar-refractivity contribution in [3.63, 3.8) is 0 Å². The fourth-order valence-corrected chi connectivity index (χ4v) is 2.01. The van der Waals surface area contributed by atoms with Gasteiger partial charge in [0.2, 0.25) is 4.11 Å². The zero-order valence-corrected chi connectivity index (χ0v) is 12.9. The van der Waals surface area contributed by atoms with Crippen molar-refractivity contribution in [2.24, 2.45) is 0 Å². The van der Waals surface area contributed by atoms with Crippen LogP contribution in [-0.2, 0) is 16.0 Å². The second-order valence-electron chi connectivity index (χ2n) is 3.30. The zero-order valence-electron chi connectivity index (χ0n) is 9.23. The van der Waals surface area contributed by atoms with Crippen molar-refractivity contribution in [1.29, 1.82) is 0 Å². The number of rotatable bonds is 4. The van der Waals surface area contributed by atoms with Gasteiger partial charge in [0.15, 0.2) is 0 Å².